The fraction of sp³-hybridized carbons (Fsp3) is 0.500. The number of primary amides is 1. The molecule has 0 spiro atoms. The number of nitrogen functional groups attached to an aromatic ring is 1. The predicted molar refractivity (Wildman–Crippen MR) is 74.3 cm³/mol. The van der Waals surface area contributed by atoms with E-state index in [0.29, 0.717) is 13.2 Å². The summed E-state index contributed by atoms with van der Waals surface area (Å²) in [4.78, 5) is 13.3. The highest BCUT2D eigenvalue weighted by molar-refractivity contribution is 5.76. The summed E-state index contributed by atoms with van der Waals surface area (Å²) in [6.07, 6.45) is 2.07. The van der Waals surface area contributed by atoms with Crippen LogP contribution < -0.4 is 11.5 Å². The molecule has 1 aromatic carbocycles. The Hall–Kier alpha value is -1.59. The smallest absolute Gasteiger partial charge is 0.231 e. The van der Waals surface area contributed by atoms with Crippen molar-refractivity contribution in [3.63, 3.8) is 0 Å². The Kier molecular flexibility index (Phi) is 4.76. The molecule has 1 atom stereocenters. The Balaban J connectivity index is 2.03. The summed E-state index contributed by atoms with van der Waals surface area (Å²) in [5.74, 6) is -0.305. The number of hydrogen-bond acceptors (Lipinski definition) is 4. The van der Waals surface area contributed by atoms with Crippen molar-refractivity contribution in [3.05, 3.63) is 29.8 Å². The topological polar surface area (TPSA) is 81.6 Å². The van der Waals surface area contributed by atoms with E-state index in [4.69, 9.17) is 16.2 Å². The van der Waals surface area contributed by atoms with Gasteiger partial charge in [-0.2, -0.15) is 0 Å². The highest BCUT2D eigenvalue weighted by Gasteiger charge is 2.23. The molecule has 5 nitrogen and oxygen atoms in total. The van der Waals surface area contributed by atoms with Gasteiger partial charge in [0.15, 0.2) is 0 Å². The Morgan fingerprint density at radius 3 is 2.68 bits per heavy atom. The predicted octanol–water partition coefficient (Wildman–Crippen LogP) is 0.735. The third-order valence-corrected chi connectivity index (χ3v) is 3.38. The monoisotopic (exact) mass is 263 g/mol. The summed E-state index contributed by atoms with van der Waals surface area (Å²) >= 11 is 0. The molecule has 0 aliphatic carbocycles. The van der Waals surface area contributed by atoms with Crippen LogP contribution in [0.1, 0.15) is 18.4 Å². The van der Waals surface area contributed by atoms with Crippen molar-refractivity contribution in [3.8, 4) is 0 Å². The van der Waals surface area contributed by atoms with E-state index in [9.17, 15) is 4.79 Å². The second-order valence-electron chi connectivity index (χ2n) is 4.98. The first-order valence-electron chi connectivity index (χ1n) is 6.59. The molecule has 0 saturated carbocycles. The third kappa shape index (κ3) is 4.22. The molecule has 2 rings (SSSR count). The minimum Gasteiger partial charge on any atom is -0.399 e. The average Bonchev–Trinajstić information content (AvgIpc) is 2.41. The second-order valence-corrected chi connectivity index (χ2v) is 4.98. The molecule has 1 aliphatic rings. The molecule has 1 fully saturated rings. The first-order chi connectivity index (χ1) is 9.15. The molecule has 5 heteroatoms. The van der Waals surface area contributed by atoms with Gasteiger partial charge in [-0.15, -0.1) is 0 Å². The number of carbonyl (C=O) groups excluding carboxylic acids is 1. The number of nitrogens with zero attached hydrogens (tertiary/aromatic N) is 1. The van der Waals surface area contributed by atoms with E-state index in [1.807, 2.05) is 24.3 Å². The number of nitrogens with two attached hydrogens (primary N) is 2. The van der Waals surface area contributed by atoms with Crippen LogP contribution in [0.2, 0.25) is 0 Å². The van der Waals surface area contributed by atoms with E-state index in [1.165, 1.54) is 0 Å². The Morgan fingerprint density at radius 2 is 2.11 bits per heavy atom. The highest BCUT2D eigenvalue weighted by atomic mass is 16.5. The Bertz CT molecular complexity index is 413. The normalized spacial score (nSPS) is 19.5. The third-order valence-electron chi connectivity index (χ3n) is 3.38. The van der Waals surface area contributed by atoms with Crippen molar-refractivity contribution in [2.24, 2.45) is 5.73 Å². The first kappa shape index (κ1) is 13.8. The maximum atomic E-state index is 11.2. The average molecular weight is 263 g/mol. The number of rotatable bonds is 5. The fourth-order valence-electron chi connectivity index (χ4n) is 2.38. The Morgan fingerprint density at radius 1 is 1.37 bits per heavy atom. The van der Waals surface area contributed by atoms with Crippen molar-refractivity contribution in [1.82, 2.24) is 4.90 Å². The van der Waals surface area contributed by atoms with Crippen LogP contribution in [0.5, 0.6) is 0 Å². The van der Waals surface area contributed by atoms with Gasteiger partial charge in [0.1, 0.15) is 0 Å². The van der Waals surface area contributed by atoms with Gasteiger partial charge in [-0.3, -0.25) is 9.69 Å². The molecule has 1 aliphatic heterocycles. The number of carbonyl (C=O) groups is 1. The number of amides is 1. The number of hydrogen-bond donors (Lipinski definition) is 2. The van der Waals surface area contributed by atoms with Crippen LogP contribution in [-0.2, 0) is 16.1 Å². The van der Waals surface area contributed by atoms with E-state index in [2.05, 4.69) is 4.90 Å². The molecule has 1 unspecified atom stereocenters. The number of ether oxygens (including phenoxy) is 1. The molecular weight excluding hydrogens is 242 g/mol. The molecule has 19 heavy (non-hydrogen) atoms. The SMILES string of the molecule is NC(=O)CN(Cc1ccc(N)cc1)C1CCCOC1. The van der Waals surface area contributed by atoms with Gasteiger partial charge < -0.3 is 16.2 Å². The minimum atomic E-state index is -0.305. The van der Waals surface area contributed by atoms with Gasteiger partial charge >= 0.3 is 0 Å². The van der Waals surface area contributed by atoms with Gasteiger partial charge in [0.05, 0.1) is 13.2 Å². The summed E-state index contributed by atoms with van der Waals surface area (Å²) in [5, 5.41) is 0. The zero-order valence-corrected chi connectivity index (χ0v) is 11.0. The largest absolute Gasteiger partial charge is 0.399 e. The van der Waals surface area contributed by atoms with E-state index in [0.717, 1.165) is 30.7 Å². The lowest BCUT2D eigenvalue weighted by Gasteiger charge is -2.33. The molecule has 0 radical (unpaired) electrons. The van der Waals surface area contributed by atoms with Crippen molar-refractivity contribution in [2.75, 3.05) is 25.5 Å². The maximum Gasteiger partial charge on any atom is 0.231 e. The van der Waals surface area contributed by atoms with Crippen LogP contribution in [0, 0.1) is 0 Å². The molecule has 0 bridgehead atoms. The fourth-order valence-corrected chi connectivity index (χ4v) is 2.38. The summed E-state index contributed by atoms with van der Waals surface area (Å²) in [6.45, 7) is 2.43. The maximum absolute atomic E-state index is 11.2. The van der Waals surface area contributed by atoms with Crippen LogP contribution in [0.4, 0.5) is 5.69 Å². The zero-order valence-electron chi connectivity index (χ0n) is 11.0. The van der Waals surface area contributed by atoms with Crippen molar-refractivity contribution < 1.29 is 9.53 Å². The van der Waals surface area contributed by atoms with Crippen LogP contribution in [0.3, 0.4) is 0 Å². The summed E-state index contributed by atoms with van der Waals surface area (Å²) in [7, 11) is 0. The first-order valence-corrected chi connectivity index (χ1v) is 6.59. The molecule has 4 N–H and O–H groups in total. The summed E-state index contributed by atoms with van der Waals surface area (Å²) in [6, 6.07) is 7.96. The molecule has 1 aromatic rings. The Labute approximate surface area is 113 Å². The van der Waals surface area contributed by atoms with Crippen molar-refractivity contribution in [1.29, 1.82) is 0 Å². The number of anilines is 1. The van der Waals surface area contributed by atoms with Crippen LogP contribution in [-0.4, -0.2) is 36.6 Å². The molecule has 1 heterocycles. The van der Waals surface area contributed by atoms with E-state index in [1.54, 1.807) is 0 Å². The lowest BCUT2D eigenvalue weighted by atomic mass is 10.1. The van der Waals surface area contributed by atoms with Crippen LogP contribution in [0.15, 0.2) is 24.3 Å². The standard InChI is InChI=1S/C14H21N3O2/c15-12-5-3-11(4-6-12)8-17(9-14(16)18)13-2-1-7-19-10-13/h3-6,13H,1-2,7-10,15H2,(H2,16,18). The molecule has 1 saturated heterocycles. The van der Waals surface area contributed by atoms with E-state index in [-0.39, 0.29) is 18.5 Å². The van der Waals surface area contributed by atoms with Gasteiger partial charge in [-0.05, 0) is 30.5 Å². The number of benzene rings is 1. The molecular formula is C14H21N3O2. The molecule has 0 aromatic heterocycles. The van der Waals surface area contributed by atoms with Crippen LogP contribution >= 0.6 is 0 Å². The van der Waals surface area contributed by atoms with Crippen molar-refractivity contribution in [2.45, 2.75) is 25.4 Å². The van der Waals surface area contributed by atoms with Gasteiger partial charge in [0.2, 0.25) is 5.91 Å². The van der Waals surface area contributed by atoms with E-state index < -0.39 is 0 Å². The van der Waals surface area contributed by atoms with Gasteiger partial charge in [0.25, 0.3) is 0 Å². The van der Waals surface area contributed by atoms with Gasteiger partial charge in [-0.1, -0.05) is 12.1 Å². The second kappa shape index (κ2) is 6.54. The summed E-state index contributed by atoms with van der Waals surface area (Å²) < 4.78 is 5.49. The summed E-state index contributed by atoms with van der Waals surface area (Å²) in [5.41, 5.74) is 12.9. The van der Waals surface area contributed by atoms with Crippen molar-refractivity contribution >= 4 is 11.6 Å². The zero-order chi connectivity index (χ0) is 13.7. The molecule has 1 amide bonds. The quantitative estimate of drug-likeness (QED) is 0.768. The lowest BCUT2D eigenvalue weighted by Crippen LogP contribution is -2.44. The van der Waals surface area contributed by atoms with E-state index >= 15 is 0 Å². The van der Waals surface area contributed by atoms with Gasteiger partial charge in [0, 0.05) is 24.9 Å². The van der Waals surface area contributed by atoms with Crippen LogP contribution in [0.25, 0.3) is 0 Å². The molecule has 104 valence electrons. The highest BCUT2D eigenvalue weighted by Crippen LogP contribution is 2.17. The van der Waals surface area contributed by atoms with Gasteiger partial charge in [-0.25, -0.2) is 0 Å². The lowest BCUT2D eigenvalue weighted by molar-refractivity contribution is -0.120. The minimum absolute atomic E-state index is 0.262.